The molecule has 6 nitrogen and oxygen atoms in total. The lowest BCUT2D eigenvalue weighted by Gasteiger charge is -2.36. The zero-order valence-corrected chi connectivity index (χ0v) is 14.2. The van der Waals surface area contributed by atoms with Gasteiger partial charge < -0.3 is 14.6 Å². The minimum Gasteiger partial charge on any atom is -0.497 e. The summed E-state index contributed by atoms with van der Waals surface area (Å²) in [5.74, 6) is -0.508. The van der Waals surface area contributed by atoms with Gasteiger partial charge in [-0.15, -0.1) is 0 Å². The second-order valence-corrected chi connectivity index (χ2v) is 6.73. The third kappa shape index (κ3) is 2.98. The highest BCUT2D eigenvalue weighted by Crippen LogP contribution is 2.43. The number of likely N-dealkylation sites (N-methyl/N-ethyl adjacent to an activating group) is 1. The van der Waals surface area contributed by atoms with Crippen LogP contribution in [0.15, 0.2) is 18.2 Å². The summed E-state index contributed by atoms with van der Waals surface area (Å²) in [4.78, 5) is 25.7. The quantitative estimate of drug-likeness (QED) is 0.926. The predicted molar refractivity (Wildman–Crippen MR) is 84.6 cm³/mol. The molecule has 1 atom stereocenters. The smallest absolute Gasteiger partial charge is 0.411 e. The Morgan fingerprint density at radius 3 is 2.48 bits per heavy atom. The Kier molecular flexibility index (Phi) is 4.28. The molecule has 126 valence electrons. The lowest BCUT2D eigenvalue weighted by molar-refractivity contribution is -0.151. The van der Waals surface area contributed by atoms with Crippen LogP contribution in [0, 0.1) is 0 Å². The molecule has 1 aliphatic carbocycles. The lowest BCUT2D eigenvalue weighted by atomic mass is 9.90. The molecule has 0 aromatic heterocycles. The number of carbonyl (C=O) groups excluding carboxylic acids is 1. The van der Waals surface area contributed by atoms with Crippen molar-refractivity contribution in [2.45, 2.75) is 44.8 Å². The molecule has 6 heteroatoms. The van der Waals surface area contributed by atoms with Crippen LogP contribution in [0.4, 0.5) is 4.79 Å². The van der Waals surface area contributed by atoms with E-state index in [1.165, 1.54) is 19.1 Å². The standard InChI is InChI=1S/C17H23NO5/c1-16(2,3)23-15(21)18(4)17(14(19)20)9-8-11-6-7-12(22-5)10-13(11)17/h6-7,10H,8-9H2,1-5H3,(H,19,20). The summed E-state index contributed by atoms with van der Waals surface area (Å²) >= 11 is 0. The molecule has 1 aromatic carbocycles. The molecule has 1 unspecified atom stereocenters. The van der Waals surface area contributed by atoms with Crippen LogP contribution in [-0.4, -0.2) is 41.8 Å². The number of benzene rings is 1. The SMILES string of the molecule is COc1ccc2c(c1)C(C(=O)O)(N(C)C(=O)OC(C)(C)C)CC2. The second kappa shape index (κ2) is 5.76. The number of aryl methyl sites for hydroxylation is 1. The first kappa shape index (κ1) is 17.1. The van der Waals surface area contributed by atoms with Crippen molar-refractivity contribution in [3.8, 4) is 5.75 Å². The lowest BCUT2D eigenvalue weighted by Crippen LogP contribution is -2.52. The highest BCUT2D eigenvalue weighted by molar-refractivity contribution is 5.87. The van der Waals surface area contributed by atoms with Crippen molar-refractivity contribution in [3.63, 3.8) is 0 Å². The van der Waals surface area contributed by atoms with Gasteiger partial charge in [0.15, 0.2) is 5.54 Å². The first-order chi connectivity index (χ1) is 10.6. The summed E-state index contributed by atoms with van der Waals surface area (Å²) in [6.45, 7) is 5.24. The van der Waals surface area contributed by atoms with E-state index in [0.29, 0.717) is 24.2 Å². The van der Waals surface area contributed by atoms with Crippen molar-refractivity contribution >= 4 is 12.1 Å². The van der Waals surface area contributed by atoms with Crippen LogP contribution in [0.1, 0.15) is 38.3 Å². The molecule has 0 aliphatic heterocycles. The van der Waals surface area contributed by atoms with E-state index in [4.69, 9.17) is 9.47 Å². The van der Waals surface area contributed by atoms with E-state index in [1.54, 1.807) is 32.9 Å². The predicted octanol–water partition coefficient (Wildman–Crippen LogP) is 2.79. The molecule has 0 fully saturated rings. The number of hydrogen-bond donors (Lipinski definition) is 1. The van der Waals surface area contributed by atoms with Crippen molar-refractivity contribution in [3.05, 3.63) is 29.3 Å². The zero-order chi connectivity index (χ0) is 17.4. The summed E-state index contributed by atoms with van der Waals surface area (Å²) in [6.07, 6.45) is 0.231. The maximum atomic E-state index is 12.4. The minimum atomic E-state index is -1.44. The van der Waals surface area contributed by atoms with Crippen LogP contribution in [-0.2, 0) is 21.5 Å². The Bertz CT molecular complexity index is 634. The second-order valence-electron chi connectivity index (χ2n) is 6.73. The molecular formula is C17H23NO5. The summed E-state index contributed by atoms with van der Waals surface area (Å²) in [5, 5.41) is 9.90. The van der Waals surface area contributed by atoms with Gasteiger partial charge in [0.05, 0.1) is 7.11 Å². The molecule has 0 radical (unpaired) electrons. The van der Waals surface area contributed by atoms with E-state index in [0.717, 1.165) is 5.56 Å². The molecule has 1 aromatic rings. The van der Waals surface area contributed by atoms with Gasteiger partial charge in [0.25, 0.3) is 0 Å². The third-order valence-electron chi connectivity index (χ3n) is 4.11. The van der Waals surface area contributed by atoms with Crippen molar-refractivity contribution in [1.29, 1.82) is 0 Å². The van der Waals surface area contributed by atoms with Gasteiger partial charge in [-0.2, -0.15) is 0 Å². The number of hydrogen-bond acceptors (Lipinski definition) is 4. The van der Waals surface area contributed by atoms with Gasteiger partial charge in [-0.1, -0.05) is 6.07 Å². The summed E-state index contributed by atoms with van der Waals surface area (Å²) in [5.41, 5.74) is -0.645. The molecule has 0 bridgehead atoms. The normalized spacial score (nSPS) is 19.9. The summed E-state index contributed by atoms with van der Waals surface area (Å²) in [6, 6.07) is 5.34. The summed E-state index contributed by atoms with van der Waals surface area (Å²) < 4.78 is 10.6. The van der Waals surface area contributed by atoms with E-state index < -0.39 is 23.2 Å². The number of carboxylic acids is 1. The summed E-state index contributed by atoms with van der Waals surface area (Å²) in [7, 11) is 2.99. The van der Waals surface area contributed by atoms with Crippen molar-refractivity contribution < 1.29 is 24.2 Å². The number of ether oxygens (including phenoxy) is 2. The van der Waals surface area contributed by atoms with E-state index in [-0.39, 0.29) is 0 Å². The zero-order valence-electron chi connectivity index (χ0n) is 14.2. The van der Waals surface area contributed by atoms with Crippen LogP contribution in [0.25, 0.3) is 0 Å². The fourth-order valence-corrected chi connectivity index (χ4v) is 2.94. The Hall–Kier alpha value is -2.24. The highest BCUT2D eigenvalue weighted by atomic mass is 16.6. The molecule has 0 heterocycles. The van der Waals surface area contributed by atoms with E-state index in [9.17, 15) is 14.7 Å². The van der Waals surface area contributed by atoms with Crippen LogP contribution in [0.5, 0.6) is 5.75 Å². The number of carboxylic acid groups (broad SMARTS) is 1. The van der Waals surface area contributed by atoms with Crippen LogP contribution in [0.2, 0.25) is 0 Å². The molecular weight excluding hydrogens is 298 g/mol. The topological polar surface area (TPSA) is 76.1 Å². The largest absolute Gasteiger partial charge is 0.497 e. The van der Waals surface area contributed by atoms with Gasteiger partial charge >= 0.3 is 12.1 Å². The van der Waals surface area contributed by atoms with Gasteiger partial charge in [-0.25, -0.2) is 9.59 Å². The van der Waals surface area contributed by atoms with Gasteiger partial charge in [0, 0.05) is 7.05 Å². The first-order valence-corrected chi connectivity index (χ1v) is 7.49. The van der Waals surface area contributed by atoms with Crippen molar-refractivity contribution in [2.24, 2.45) is 0 Å². The van der Waals surface area contributed by atoms with Gasteiger partial charge in [-0.05, 0) is 56.9 Å². The van der Waals surface area contributed by atoms with Gasteiger partial charge in [-0.3, -0.25) is 4.90 Å². The Morgan fingerprint density at radius 1 is 1.30 bits per heavy atom. The fraction of sp³-hybridized carbons (Fsp3) is 0.529. The van der Waals surface area contributed by atoms with Gasteiger partial charge in [0.2, 0.25) is 0 Å². The number of methoxy groups -OCH3 is 1. The maximum absolute atomic E-state index is 12.4. The number of amides is 1. The molecule has 1 amide bonds. The van der Waals surface area contributed by atoms with Crippen LogP contribution < -0.4 is 4.74 Å². The molecule has 1 N–H and O–H groups in total. The monoisotopic (exact) mass is 321 g/mol. The fourth-order valence-electron chi connectivity index (χ4n) is 2.94. The van der Waals surface area contributed by atoms with Gasteiger partial charge in [0.1, 0.15) is 11.4 Å². The maximum Gasteiger partial charge on any atom is 0.411 e. The average molecular weight is 321 g/mol. The third-order valence-corrected chi connectivity index (χ3v) is 4.11. The number of rotatable bonds is 3. The molecule has 2 rings (SSSR count). The molecule has 0 spiro atoms. The Labute approximate surface area is 136 Å². The first-order valence-electron chi connectivity index (χ1n) is 7.49. The van der Waals surface area contributed by atoms with Crippen LogP contribution >= 0.6 is 0 Å². The van der Waals surface area contributed by atoms with E-state index in [2.05, 4.69) is 0 Å². The Morgan fingerprint density at radius 2 is 1.96 bits per heavy atom. The minimum absolute atomic E-state index is 0.306. The van der Waals surface area contributed by atoms with E-state index >= 15 is 0 Å². The molecule has 0 saturated heterocycles. The molecule has 0 saturated carbocycles. The Balaban J connectivity index is 2.48. The van der Waals surface area contributed by atoms with E-state index in [1.807, 2.05) is 6.07 Å². The number of carbonyl (C=O) groups is 2. The molecule has 1 aliphatic rings. The number of aliphatic carboxylic acids is 1. The highest BCUT2D eigenvalue weighted by Gasteiger charge is 2.52. The molecule has 23 heavy (non-hydrogen) atoms. The van der Waals surface area contributed by atoms with Crippen molar-refractivity contribution in [1.82, 2.24) is 4.90 Å². The number of fused-ring (bicyclic) bond motifs is 1. The van der Waals surface area contributed by atoms with Crippen LogP contribution in [0.3, 0.4) is 0 Å². The average Bonchev–Trinajstić information content (AvgIpc) is 2.84. The number of nitrogens with zero attached hydrogens (tertiary/aromatic N) is 1. The van der Waals surface area contributed by atoms with Crippen molar-refractivity contribution in [2.75, 3.05) is 14.2 Å².